The van der Waals surface area contributed by atoms with E-state index >= 15 is 0 Å². The number of hydrogen-bond donors (Lipinski definition) is 1. The van der Waals surface area contributed by atoms with Crippen LogP contribution in [0.25, 0.3) is 0 Å². The summed E-state index contributed by atoms with van der Waals surface area (Å²) in [7, 11) is 0. The molecule has 0 heterocycles. The van der Waals surface area contributed by atoms with Gasteiger partial charge in [0.15, 0.2) is 0 Å². The molecule has 0 spiro atoms. The molecule has 0 aliphatic heterocycles. The van der Waals surface area contributed by atoms with Crippen LogP contribution in [0.3, 0.4) is 0 Å². The molecular formula is C35H60O4. The van der Waals surface area contributed by atoms with E-state index in [0.717, 1.165) is 83.5 Å². The topological polar surface area (TPSA) is 63.6 Å². The summed E-state index contributed by atoms with van der Waals surface area (Å²) in [6, 6.07) is 0. The number of hydrogen-bond acceptors (Lipinski definition) is 3. The number of carboxylic acids is 1. The molecule has 0 amide bonds. The average Bonchev–Trinajstić information content (AvgIpc) is 2.92. The number of carbonyl (C=O) groups excluding carboxylic acids is 1. The van der Waals surface area contributed by atoms with Crippen molar-refractivity contribution in [1.29, 1.82) is 0 Å². The van der Waals surface area contributed by atoms with Crippen molar-refractivity contribution >= 4 is 11.9 Å². The van der Waals surface area contributed by atoms with Crippen LogP contribution in [0.1, 0.15) is 155 Å². The van der Waals surface area contributed by atoms with Gasteiger partial charge >= 0.3 is 11.9 Å². The minimum absolute atomic E-state index is 0.0324. The Morgan fingerprint density at radius 3 is 1.56 bits per heavy atom. The van der Waals surface area contributed by atoms with Crippen LogP contribution in [0.5, 0.6) is 0 Å². The number of aliphatic carboxylic acids is 1. The maximum absolute atomic E-state index is 12.2. The first kappa shape index (κ1) is 36.9. The summed E-state index contributed by atoms with van der Waals surface area (Å²) in [4.78, 5) is 22.7. The summed E-state index contributed by atoms with van der Waals surface area (Å²) in [6.45, 7) is 4.26. The highest BCUT2D eigenvalue weighted by Crippen LogP contribution is 2.16. The molecule has 224 valence electrons. The van der Waals surface area contributed by atoms with Crippen molar-refractivity contribution in [3.8, 4) is 0 Å². The molecule has 0 bridgehead atoms. The van der Waals surface area contributed by atoms with Crippen LogP contribution in [0, 0.1) is 0 Å². The van der Waals surface area contributed by atoms with Crippen LogP contribution < -0.4 is 0 Å². The second kappa shape index (κ2) is 30.4. The van der Waals surface area contributed by atoms with Crippen molar-refractivity contribution in [2.24, 2.45) is 0 Å². The third-order valence-electron chi connectivity index (χ3n) is 6.89. The molecule has 4 nitrogen and oxygen atoms in total. The fraction of sp³-hybridized carbons (Fsp3) is 0.714. The molecular weight excluding hydrogens is 484 g/mol. The van der Waals surface area contributed by atoms with Gasteiger partial charge in [0.2, 0.25) is 0 Å². The van der Waals surface area contributed by atoms with Crippen molar-refractivity contribution in [3.05, 3.63) is 48.6 Å². The van der Waals surface area contributed by atoms with Gasteiger partial charge in [-0.3, -0.25) is 9.59 Å². The van der Waals surface area contributed by atoms with E-state index in [0.29, 0.717) is 12.8 Å². The molecule has 0 radical (unpaired) electrons. The SMILES string of the molecule is CC/C=C\C/C=C\C/C=C\C/C=C\CCCCC(=O)OC(CC)CCCCCCCCCCCCCC(=O)O. The molecule has 0 saturated heterocycles. The fourth-order valence-corrected chi connectivity index (χ4v) is 4.46. The largest absolute Gasteiger partial charge is 0.481 e. The highest BCUT2D eigenvalue weighted by molar-refractivity contribution is 5.69. The van der Waals surface area contributed by atoms with Crippen LogP contribution >= 0.6 is 0 Å². The van der Waals surface area contributed by atoms with Gasteiger partial charge in [0.25, 0.3) is 0 Å². The lowest BCUT2D eigenvalue weighted by molar-refractivity contribution is -0.149. The molecule has 0 aromatic carbocycles. The normalized spacial score (nSPS) is 12.9. The smallest absolute Gasteiger partial charge is 0.306 e. The lowest BCUT2D eigenvalue weighted by atomic mass is 10.0. The van der Waals surface area contributed by atoms with Crippen molar-refractivity contribution in [1.82, 2.24) is 0 Å². The monoisotopic (exact) mass is 544 g/mol. The van der Waals surface area contributed by atoms with E-state index in [1.54, 1.807) is 0 Å². The van der Waals surface area contributed by atoms with E-state index in [-0.39, 0.29) is 12.1 Å². The van der Waals surface area contributed by atoms with E-state index in [1.807, 2.05) is 0 Å². The second-order valence-corrected chi connectivity index (χ2v) is 10.6. The van der Waals surface area contributed by atoms with Crippen LogP contribution in [-0.4, -0.2) is 23.1 Å². The van der Waals surface area contributed by atoms with Gasteiger partial charge < -0.3 is 9.84 Å². The molecule has 0 rings (SSSR count). The lowest BCUT2D eigenvalue weighted by Gasteiger charge is -2.16. The van der Waals surface area contributed by atoms with Crippen LogP contribution in [-0.2, 0) is 14.3 Å². The third-order valence-corrected chi connectivity index (χ3v) is 6.89. The zero-order chi connectivity index (χ0) is 28.7. The van der Waals surface area contributed by atoms with Crippen LogP contribution in [0.4, 0.5) is 0 Å². The summed E-state index contributed by atoms with van der Waals surface area (Å²) >= 11 is 0. The van der Waals surface area contributed by atoms with Gasteiger partial charge in [-0.25, -0.2) is 0 Å². The molecule has 1 N–H and O–H groups in total. The standard InChI is InChI=1S/C35H60O4/c1-3-5-6-7-8-9-10-11-12-13-17-20-23-26-29-32-35(38)39-33(4-2)30-27-24-21-18-15-14-16-19-22-25-28-31-34(36)37/h5-6,8-9,11-12,17,20,33H,3-4,7,10,13-16,18-19,21-32H2,1-2H3,(H,36,37)/b6-5-,9-8-,12-11-,20-17-. The van der Waals surface area contributed by atoms with Gasteiger partial charge in [0, 0.05) is 12.8 Å². The Labute approximate surface area is 241 Å². The number of unbranched alkanes of at least 4 members (excludes halogenated alkanes) is 12. The molecule has 0 fully saturated rings. The number of rotatable bonds is 28. The molecule has 1 atom stereocenters. The molecule has 0 aromatic heterocycles. The summed E-state index contributed by atoms with van der Waals surface area (Å²) in [6.07, 6.45) is 40.6. The van der Waals surface area contributed by atoms with Crippen LogP contribution in [0.2, 0.25) is 0 Å². The van der Waals surface area contributed by atoms with E-state index < -0.39 is 5.97 Å². The Kier molecular flexibility index (Phi) is 28.8. The van der Waals surface area contributed by atoms with E-state index in [1.165, 1.54) is 44.9 Å². The summed E-state index contributed by atoms with van der Waals surface area (Å²) in [5.41, 5.74) is 0. The lowest BCUT2D eigenvalue weighted by Crippen LogP contribution is -2.17. The van der Waals surface area contributed by atoms with E-state index in [2.05, 4.69) is 62.5 Å². The maximum atomic E-state index is 12.2. The Balaban J connectivity index is 3.58. The molecule has 4 heteroatoms. The molecule has 0 saturated carbocycles. The fourth-order valence-electron chi connectivity index (χ4n) is 4.46. The Hall–Kier alpha value is -2.10. The minimum Gasteiger partial charge on any atom is -0.481 e. The number of carboxylic acid groups (broad SMARTS) is 1. The number of esters is 1. The van der Waals surface area contributed by atoms with E-state index in [4.69, 9.17) is 9.84 Å². The first-order valence-electron chi connectivity index (χ1n) is 16.1. The molecule has 0 aliphatic rings. The third kappa shape index (κ3) is 30.3. The highest BCUT2D eigenvalue weighted by Gasteiger charge is 2.12. The molecule has 39 heavy (non-hydrogen) atoms. The van der Waals surface area contributed by atoms with Gasteiger partial charge in [-0.05, 0) is 70.6 Å². The van der Waals surface area contributed by atoms with Gasteiger partial charge in [-0.1, -0.05) is 120 Å². The minimum atomic E-state index is -0.678. The summed E-state index contributed by atoms with van der Waals surface area (Å²) in [5.74, 6) is -0.711. The maximum Gasteiger partial charge on any atom is 0.306 e. The molecule has 0 aromatic rings. The number of allylic oxidation sites excluding steroid dienone is 8. The quantitative estimate of drug-likeness (QED) is 0.0604. The van der Waals surface area contributed by atoms with Gasteiger partial charge in [-0.2, -0.15) is 0 Å². The van der Waals surface area contributed by atoms with Crippen molar-refractivity contribution in [3.63, 3.8) is 0 Å². The van der Waals surface area contributed by atoms with Crippen molar-refractivity contribution < 1.29 is 19.4 Å². The second-order valence-electron chi connectivity index (χ2n) is 10.6. The zero-order valence-corrected chi connectivity index (χ0v) is 25.4. The number of ether oxygens (including phenoxy) is 1. The van der Waals surface area contributed by atoms with E-state index in [9.17, 15) is 9.59 Å². The first-order valence-corrected chi connectivity index (χ1v) is 16.1. The van der Waals surface area contributed by atoms with Crippen molar-refractivity contribution in [2.75, 3.05) is 0 Å². The van der Waals surface area contributed by atoms with Gasteiger partial charge in [0.05, 0.1) is 0 Å². The van der Waals surface area contributed by atoms with Gasteiger partial charge in [0.1, 0.15) is 6.10 Å². The molecule has 1 unspecified atom stereocenters. The Bertz CT molecular complexity index is 674. The highest BCUT2D eigenvalue weighted by atomic mass is 16.5. The summed E-state index contributed by atoms with van der Waals surface area (Å²) in [5, 5.41) is 8.64. The van der Waals surface area contributed by atoms with Crippen LogP contribution in [0.15, 0.2) is 48.6 Å². The molecule has 0 aliphatic carbocycles. The van der Waals surface area contributed by atoms with Gasteiger partial charge in [-0.15, -0.1) is 0 Å². The summed E-state index contributed by atoms with van der Waals surface area (Å²) < 4.78 is 5.72. The predicted molar refractivity (Wildman–Crippen MR) is 167 cm³/mol. The first-order chi connectivity index (χ1) is 19.1. The average molecular weight is 545 g/mol. The Morgan fingerprint density at radius 2 is 1.05 bits per heavy atom. The van der Waals surface area contributed by atoms with Crippen molar-refractivity contribution in [2.45, 2.75) is 161 Å². The number of carbonyl (C=O) groups is 2. The zero-order valence-electron chi connectivity index (χ0n) is 25.4. The Morgan fingerprint density at radius 1 is 0.590 bits per heavy atom. The predicted octanol–water partition coefficient (Wildman–Crippen LogP) is 10.8.